The van der Waals surface area contributed by atoms with E-state index < -0.39 is 0 Å². The number of piperidine rings is 1. The molecule has 0 saturated carbocycles. The average molecular weight is 346 g/mol. The number of amides is 2. The quantitative estimate of drug-likeness (QED) is 0.892. The monoisotopic (exact) mass is 346 g/mol. The second-order valence-corrected chi connectivity index (χ2v) is 7.73. The second kappa shape index (κ2) is 8.37. The van der Waals surface area contributed by atoms with Crippen molar-refractivity contribution in [2.45, 2.75) is 52.5 Å². The minimum absolute atomic E-state index is 0.0800. The highest BCUT2D eigenvalue weighted by atomic mass is 16.5. The molecule has 5 heteroatoms. The zero-order valence-corrected chi connectivity index (χ0v) is 15.8. The number of benzene rings is 1. The van der Waals surface area contributed by atoms with E-state index in [-0.39, 0.29) is 23.3 Å². The molecule has 0 aliphatic carbocycles. The molecule has 25 heavy (non-hydrogen) atoms. The molecule has 138 valence electrons. The largest absolute Gasteiger partial charge is 0.497 e. The van der Waals surface area contributed by atoms with Gasteiger partial charge in [-0.1, -0.05) is 32.9 Å². The maximum atomic E-state index is 12.3. The van der Waals surface area contributed by atoms with Gasteiger partial charge in [0.1, 0.15) is 5.75 Å². The molecule has 0 aromatic heterocycles. The van der Waals surface area contributed by atoms with Crippen LogP contribution < -0.4 is 10.1 Å². The molecule has 0 spiro atoms. The van der Waals surface area contributed by atoms with Crippen molar-refractivity contribution >= 4 is 11.8 Å². The van der Waals surface area contributed by atoms with Gasteiger partial charge in [-0.25, -0.2) is 0 Å². The number of methoxy groups -OCH3 is 1. The van der Waals surface area contributed by atoms with Gasteiger partial charge in [-0.05, 0) is 37.0 Å². The van der Waals surface area contributed by atoms with Crippen molar-refractivity contribution in [3.05, 3.63) is 29.8 Å². The summed E-state index contributed by atoms with van der Waals surface area (Å²) in [6, 6.07) is 7.97. The summed E-state index contributed by atoms with van der Waals surface area (Å²) in [7, 11) is 1.64. The number of carbonyl (C=O) groups excluding carboxylic acids is 2. The van der Waals surface area contributed by atoms with E-state index in [1.165, 1.54) is 0 Å². The van der Waals surface area contributed by atoms with E-state index in [0.29, 0.717) is 6.42 Å². The van der Waals surface area contributed by atoms with E-state index >= 15 is 0 Å². The number of carbonyl (C=O) groups is 2. The van der Waals surface area contributed by atoms with Crippen molar-refractivity contribution in [1.82, 2.24) is 10.2 Å². The molecule has 0 radical (unpaired) electrons. The predicted molar refractivity (Wildman–Crippen MR) is 98.5 cm³/mol. The fourth-order valence-corrected chi connectivity index (χ4v) is 3.05. The highest BCUT2D eigenvalue weighted by molar-refractivity contribution is 5.81. The molecular formula is C20H30N2O3. The first-order valence-electron chi connectivity index (χ1n) is 9.01. The van der Waals surface area contributed by atoms with Crippen molar-refractivity contribution in [2.24, 2.45) is 5.41 Å². The summed E-state index contributed by atoms with van der Waals surface area (Å²) in [6.07, 6.45) is 2.86. The van der Waals surface area contributed by atoms with Gasteiger partial charge in [0.05, 0.1) is 7.11 Å². The maximum absolute atomic E-state index is 12.3. The summed E-state index contributed by atoms with van der Waals surface area (Å²) >= 11 is 0. The van der Waals surface area contributed by atoms with Gasteiger partial charge in [0, 0.05) is 31.0 Å². The third-order valence-electron chi connectivity index (χ3n) is 4.59. The van der Waals surface area contributed by atoms with Gasteiger partial charge in [-0.15, -0.1) is 0 Å². The Hall–Kier alpha value is -2.04. The highest BCUT2D eigenvalue weighted by Gasteiger charge is 2.30. The number of rotatable bonds is 5. The first-order valence-corrected chi connectivity index (χ1v) is 9.01. The molecule has 0 bridgehead atoms. The molecule has 1 aliphatic heterocycles. The summed E-state index contributed by atoms with van der Waals surface area (Å²) in [5.74, 6) is 1.10. The van der Waals surface area contributed by atoms with Gasteiger partial charge in [0.2, 0.25) is 11.8 Å². The fraction of sp³-hybridized carbons (Fsp3) is 0.600. The van der Waals surface area contributed by atoms with Crippen LogP contribution in [0.2, 0.25) is 0 Å². The lowest BCUT2D eigenvalue weighted by atomic mass is 9.93. The Balaban J connectivity index is 1.72. The lowest BCUT2D eigenvalue weighted by Crippen LogP contribution is -2.49. The molecule has 0 unspecified atom stereocenters. The molecular weight excluding hydrogens is 316 g/mol. The molecule has 1 aromatic rings. The third-order valence-corrected chi connectivity index (χ3v) is 4.59. The Morgan fingerprint density at radius 3 is 2.28 bits per heavy atom. The molecule has 2 rings (SSSR count). The third kappa shape index (κ3) is 5.76. The van der Waals surface area contributed by atoms with Crippen LogP contribution in [0, 0.1) is 5.41 Å². The Labute approximate surface area is 150 Å². The normalized spacial score (nSPS) is 15.8. The number of likely N-dealkylation sites (tertiary alicyclic amines) is 1. The maximum Gasteiger partial charge on any atom is 0.227 e. The van der Waals surface area contributed by atoms with Gasteiger partial charge >= 0.3 is 0 Å². The van der Waals surface area contributed by atoms with Crippen LogP contribution in [0.3, 0.4) is 0 Å². The highest BCUT2D eigenvalue weighted by Crippen LogP contribution is 2.21. The summed E-state index contributed by atoms with van der Waals surface area (Å²) in [4.78, 5) is 26.4. The molecule has 1 N–H and O–H groups in total. The van der Waals surface area contributed by atoms with Crippen LogP contribution in [-0.4, -0.2) is 43.0 Å². The van der Waals surface area contributed by atoms with Crippen molar-refractivity contribution in [3.8, 4) is 5.75 Å². The standard InChI is InChI=1S/C20H30N2O3/c1-20(2,3)19(24)22-13-11-16(12-14-22)21-18(23)10-7-15-5-8-17(25-4)9-6-15/h5-6,8-9,16H,7,10-14H2,1-4H3,(H,21,23). The lowest BCUT2D eigenvalue weighted by Gasteiger charge is -2.36. The van der Waals surface area contributed by atoms with Crippen molar-refractivity contribution in [2.75, 3.05) is 20.2 Å². The van der Waals surface area contributed by atoms with E-state index in [1.54, 1.807) is 7.11 Å². The van der Waals surface area contributed by atoms with E-state index in [9.17, 15) is 9.59 Å². The second-order valence-electron chi connectivity index (χ2n) is 7.73. The number of hydrogen-bond acceptors (Lipinski definition) is 3. The van der Waals surface area contributed by atoms with Crippen LogP contribution in [-0.2, 0) is 16.0 Å². The number of hydrogen-bond donors (Lipinski definition) is 1. The minimum Gasteiger partial charge on any atom is -0.497 e. The molecule has 0 atom stereocenters. The zero-order valence-electron chi connectivity index (χ0n) is 15.8. The van der Waals surface area contributed by atoms with E-state index in [2.05, 4.69) is 5.32 Å². The van der Waals surface area contributed by atoms with Crippen LogP contribution in [0.5, 0.6) is 5.75 Å². The van der Waals surface area contributed by atoms with Crippen LogP contribution in [0.25, 0.3) is 0 Å². The molecule has 1 heterocycles. The van der Waals surface area contributed by atoms with E-state index in [4.69, 9.17) is 4.74 Å². The van der Waals surface area contributed by atoms with E-state index in [1.807, 2.05) is 49.9 Å². The Kier molecular flexibility index (Phi) is 6.45. The predicted octanol–water partition coefficient (Wildman–Crippen LogP) is 2.78. The molecule has 1 fully saturated rings. The molecule has 5 nitrogen and oxygen atoms in total. The number of aryl methyl sites for hydroxylation is 1. The van der Waals surface area contributed by atoms with Crippen LogP contribution in [0.4, 0.5) is 0 Å². The van der Waals surface area contributed by atoms with Crippen molar-refractivity contribution < 1.29 is 14.3 Å². The SMILES string of the molecule is COc1ccc(CCC(=O)NC2CCN(C(=O)C(C)(C)C)CC2)cc1. The topological polar surface area (TPSA) is 58.6 Å². The zero-order chi connectivity index (χ0) is 18.4. The minimum atomic E-state index is -0.339. The van der Waals surface area contributed by atoms with Gasteiger partial charge in [0.15, 0.2) is 0 Å². The van der Waals surface area contributed by atoms with Crippen molar-refractivity contribution in [1.29, 1.82) is 0 Å². The molecule has 1 saturated heterocycles. The first-order chi connectivity index (χ1) is 11.8. The van der Waals surface area contributed by atoms with Gasteiger partial charge in [-0.3, -0.25) is 9.59 Å². The average Bonchev–Trinajstić information content (AvgIpc) is 2.59. The molecule has 1 aliphatic rings. The summed E-state index contributed by atoms with van der Waals surface area (Å²) in [5, 5.41) is 3.11. The first kappa shape index (κ1) is 19.3. The summed E-state index contributed by atoms with van der Waals surface area (Å²) < 4.78 is 5.13. The van der Waals surface area contributed by atoms with Crippen molar-refractivity contribution in [3.63, 3.8) is 0 Å². The number of nitrogens with one attached hydrogen (secondary N) is 1. The van der Waals surface area contributed by atoms with Crippen LogP contribution in [0.15, 0.2) is 24.3 Å². The van der Waals surface area contributed by atoms with Crippen LogP contribution >= 0.6 is 0 Å². The van der Waals surface area contributed by atoms with Gasteiger partial charge in [-0.2, -0.15) is 0 Å². The smallest absolute Gasteiger partial charge is 0.227 e. The lowest BCUT2D eigenvalue weighted by molar-refractivity contribution is -0.140. The Morgan fingerprint density at radius 2 is 1.76 bits per heavy atom. The summed E-state index contributed by atoms with van der Waals surface area (Å²) in [5.41, 5.74) is 0.788. The van der Waals surface area contributed by atoms with Gasteiger partial charge in [0.25, 0.3) is 0 Å². The van der Waals surface area contributed by atoms with Gasteiger partial charge < -0.3 is 15.0 Å². The molecule has 1 aromatic carbocycles. The Morgan fingerprint density at radius 1 is 1.16 bits per heavy atom. The summed E-state index contributed by atoms with van der Waals surface area (Å²) in [6.45, 7) is 7.28. The number of ether oxygens (including phenoxy) is 1. The molecule has 2 amide bonds. The van der Waals surface area contributed by atoms with E-state index in [0.717, 1.165) is 43.7 Å². The Bertz CT molecular complexity index is 582. The fourth-order valence-electron chi connectivity index (χ4n) is 3.05. The van der Waals surface area contributed by atoms with Crippen LogP contribution in [0.1, 0.15) is 45.6 Å². The number of nitrogens with zero attached hydrogens (tertiary/aromatic N) is 1.